The van der Waals surface area contributed by atoms with E-state index in [1.54, 1.807) is 6.07 Å². The van der Waals surface area contributed by atoms with Crippen LogP contribution < -0.4 is 11.1 Å². The molecule has 2 aromatic carbocycles. The van der Waals surface area contributed by atoms with Crippen LogP contribution in [0.3, 0.4) is 0 Å². The highest BCUT2D eigenvalue weighted by atomic mass is 16.4. The topological polar surface area (TPSA) is 54.6 Å². The lowest BCUT2D eigenvalue weighted by atomic mass is 9.99. The van der Waals surface area contributed by atoms with Crippen molar-refractivity contribution in [3.05, 3.63) is 82.2 Å². The molecule has 1 atom stereocenters. The summed E-state index contributed by atoms with van der Waals surface area (Å²) >= 11 is 0. The summed E-state index contributed by atoms with van der Waals surface area (Å²) in [4.78, 5) is 12.2. The summed E-state index contributed by atoms with van der Waals surface area (Å²) < 4.78 is 5.38. The number of benzene rings is 2. The van der Waals surface area contributed by atoms with Crippen LogP contribution in [0.25, 0.3) is 11.0 Å². The van der Waals surface area contributed by atoms with Gasteiger partial charge in [-0.05, 0) is 17.7 Å². The van der Waals surface area contributed by atoms with Crippen molar-refractivity contribution in [2.45, 2.75) is 12.5 Å². The smallest absolute Gasteiger partial charge is 0.345 e. The summed E-state index contributed by atoms with van der Waals surface area (Å²) in [5.41, 5.74) is 5.80. The standard InChI is InChI=1S/C18H14N2O2/c21-18-14(10-13-8-4-5-9-17(13)22-18)16-11-15(19-20-16)12-6-2-1-3-7-12/h1-10,15,19H,11H2. The van der Waals surface area contributed by atoms with Crippen LogP contribution in [0.15, 0.2) is 75.0 Å². The zero-order chi connectivity index (χ0) is 14.9. The third kappa shape index (κ3) is 2.19. The molecule has 4 rings (SSSR count). The minimum Gasteiger partial charge on any atom is -0.422 e. The van der Waals surface area contributed by atoms with E-state index in [0.717, 1.165) is 16.7 Å². The molecule has 0 aliphatic carbocycles. The quantitative estimate of drug-likeness (QED) is 0.737. The van der Waals surface area contributed by atoms with Crippen LogP contribution in [0.4, 0.5) is 0 Å². The molecule has 3 aromatic rings. The average Bonchev–Trinajstić information content (AvgIpc) is 3.05. The first-order chi connectivity index (χ1) is 10.8. The van der Waals surface area contributed by atoms with Crippen molar-refractivity contribution in [1.29, 1.82) is 0 Å². The molecule has 1 aliphatic rings. The van der Waals surface area contributed by atoms with Gasteiger partial charge < -0.3 is 9.84 Å². The van der Waals surface area contributed by atoms with E-state index in [0.29, 0.717) is 17.6 Å². The van der Waals surface area contributed by atoms with E-state index in [9.17, 15) is 4.79 Å². The molecule has 4 heteroatoms. The third-order valence-corrected chi connectivity index (χ3v) is 3.91. The minimum absolute atomic E-state index is 0.0991. The molecule has 1 aromatic heterocycles. The molecule has 0 radical (unpaired) electrons. The first-order valence-corrected chi connectivity index (χ1v) is 7.21. The number of hydrogen-bond donors (Lipinski definition) is 1. The van der Waals surface area contributed by atoms with Crippen LogP contribution in [-0.2, 0) is 0 Å². The van der Waals surface area contributed by atoms with E-state index >= 15 is 0 Å². The van der Waals surface area contributed by atoms with Crippen LogP contribution in [-0.4, -0.2) is 5.71 Å². The maximum Gasteiger partial charge on any atom is 0.345 e. The van der Waals surface area contributed by atoms with Gasteiger partial charge in [0, 0.05) is 11.8 Å². The average molecular weight is 290 g/mol. The number of hydrazone groups is 1. The van der Waals surface area contributed by atoms with E-state index < -0.39 is 0 Å². The molecular weight excluding hydrogens is 276 g/mol. The molecule has 0 saturated heterocycles. The number of hydrogen-bond acceptors (Lipinski definition) is 4. The predicted molar refractivity (Wildman–Crippen MR) is 86.0 cm³/mol. The Hall–Kier alpha value is -2.88. The van der Waals surface area contributed by atoms with Gasteiger partial charge in [-0.3, -0.25) is 0 Å². The first-order valence-electron chi connectivity index (χ1n) is 7.21. The van der Waals surface area contributed by atoms with Crippen molar-refractivity contribution in [1.82, 2.24) is 5.43 Å². The number of nitrogens with zero attached hydrogens (tertiary/aromatic N) is 1. The maximum absolute atomic E-state index is 12.2. The number of rotatable bonds is 2. The molecule has 0 fully saturated rings. The monoisotopic (exact) mass is 290 g/mol. The zero-order valence-corrected chi connectivity index (χ0v) is 11.8. The summed E-state index contributed by atoms with van der Waals surface area (Å²) in [5, 5.41) is 5.24. The van der Waals surface area contributed by atoms with Crippen LogP contribution in [0.2, 0.25) is 0 Å². The second-order valence-electron chi connectivity index (χ2n) is 5.34. The van der Waals surface area contributed by atoms with Gasteiger partial charge in [-0.15, -0.1) is 0 Å². The lowest BCUT2D eigenvalue weighted by molar-refractivity contribution is 0.559. The normalized spacial score (nSPS) is 17.3. The summed E-state index contributed by atoms with van der Waals surface area (Å²) in [6.07, 6.45) is 0.674. The summed E-state index contributed by atoms with van der Waals surface area (Å²) in [5.74, 6) is 0. The second kappa shape index (κ2) is 5.15. The molecule has 1 N–H and O–H groups in total. The highest BCUT2D eigenvalue weighted by Gasteiger charge is 2.23. The lowest BCUT2D eigenvalue weighted by Gasteiger charge is -2.09. The minimum atomic E-state index is -0.340. The van der Waals surface area contributed by atoms with E-state index in [4.69, 9.17) is 4.42 Å². The fourth-order valence-electron chi connectivity index (χ4n) is 2.75. The molecule has 1 unspecified atom stereocenters. The number of nitrogens with one attached hydrogen (secondary N) is 1. The molecule has 0 spiro atoms. The predicted octanol–water partition coefficient (Wildman–Crippen LogP) is 3.23. The van der Waals surface area contributed by atoms with Gasteiger partial charge in [0.2, 0.25) is 0 Å². The molecule has 1 aliphatic heterocycles. The van der Waals surface area contributed by atoms with Crippen LogP contribution in [0.5, 0.6) is 0 Å². The van der Waals surface area contributed by atoms with E-state index in [-0.39, 0.29) is 11.7 Å². The molecular formula is C18H14N2O2. The number of para-hydroxylation sites is 1. The first kappa shape index (κ1) is 12.8. The van der Waals surface area contributed by atoms with Crippen molar-refractivity contribution >= 4 is 16.7 Å². The fraction of sp³-hybridized carbons (Fsp3) is 0.111. The van der Waals surface area contributed by atoms with Crippen molar-refractivity contribution < 1.29 is 4.42 Å². The van der Waals surface area contributed by atoms with Gasteiger partial charge in [-0.1, -0.05) is 48.5 Å². The zero-order valence-electron chi connectivity index (χ0n) is 11.8. The van der Waals surface area contributed by atoms with Crippen LogP contribution in [0.1, 0.15) is 23.6 Å². The largest absolute Gasteiger partial charge is 0.422 e. The Labute approximate surface area is 127 Å². The summed E-state index contributed by atoms with van der Waals surface area (Å²) in [7, 11) is 0. The molecule has 22 heavy (non-hydrogen) atoms. The molecule has 0 bridgehead atoms. The Balaban J connectivity index is 1.69. The van der Waals surface area contributed by atoms with Gasteiger partial charge in [0.05, 0.1) is 17.3 Å². The number of fused-ring (bicyclic) bond motifs is 1. The summed E-state index contributed by atoms with van der Waals surface area (Å²) in [6.45, 7) is 0. The van der Waals surface area contributed by atoms with Gasteiger partial charge in [-0.25, -0.2) is 4.79 Å². The maximum atomic E-state index is 12.2. The second-order valence-corrected chi connectivity index (χ2v) is 5.34. The molecule has 108 valence electrons. The molecule has 2 heterocycles. The van der Waals surface area contributed by atoms with E-state index in [1.165, 1.54) is 0 Å². The van der Waals surface area contributed by atoms with Gasteiger partial charge in [0.15, 0.2) is 0 Å². The Bertz CT molecular complexity index is 913. The Morgan fingerprint density at radius 3 is 2.68 bits per heavy atom. The molecule has 4 nitrogen and oxygen atoms in total. The highest BCUT2D eigenvalue weighted by molar-refractivity contribution is 6.03. The van der Waals surface area contributed by atoms with Crippen molar-refractivity contribution in [3.63, 3.8) is 0 Å². The lowest BCUT2D eigenvalue weighted by Crippen LogP contribution is -2.14. The Kier molecular flexibility index (Phi) is 3.00. The van der Waals surface area contributed by atoms with Gasteiger partial charge in [0.25, 0.3) is 0 Å². The van der Waals surface area contributed by atoms with Gasteiger partial charge in [-0.2, -0.15) is 5.10 Å². The third-order valence-electron chi connectivity index (χ3n) is 3.91. The van der Waals surface area contributed by atoms with Crippen molar-refractivity contribution in [2.75, 3.05) is 0 Å². The van der Waals surface area contributed by atoms with Crippen molar-refractivity contribution in [2.24, 2.45) is 5.10 Å². The van der Waals surface area contributed by atoms with Gasteiger partial charge in [0.1, 0.15) is 5.58 Å². The fourth-order valence-corrected chi connectivity index (χ4v) is 2.75. The molecule has 0 saturated carbocycles. The van der Waals surface area contributed by atoms with Crippen LogP contribution >= 0.6 is 0 Å². The Morgan fingerprint density at radius 1 is 1.05 bits per heavy atom. The van der Waals surface area contributed by atoms with Crippen molar-refractivity contribution in [3.8, 4) is 0 Å². The van der Waals surface area contributed by atoms with Crippen LogP contribution in [0, 0.1) is 0 Å². The highest BCUT2D eigenvalue weighted by Crippen LogP contribution is 2.24. The SMILES string of the molecule is O=c1oc2ccccc2cc1C1=NNC(c2ccccc2)C1. The van der Waals surface area contributed by atoms with Gasteiger partial charge >= 0.3 is 5.63 Å². The van der Waals surface area contributed by atoms with E-state index in [1.807, 2.05) is 42.5 Å². The Morgan fingerprint density at radius 2 is 1.82 bits per heavy atom. The summed E-state index contributed by atoms with van der Waals surface area (Å²) in [6, 6.07) is 19.5. The molecule has 0 amide bonds. The van der Waals surface area contributed by atoms with E-state index in [2.05, 4.69) is 22.7 Å².